The van der Waals surface area contributed by atoms with Gasteiger partial charge in [-0.25, -0.2) is 4.79 Å². The van der Waals surface area contributed by atoms with Crippen molar-refractivity contribution in [2.24, 2.45) is 0 Å². The van der Waals surface area contributed by atoms with E-state index in [1.807, 2.05) is 21.1 Å². The highest BCUT2D eigenvalue weighted by molar-refractivity contribution is 5.91. The van der Waals surface area contributed by atoms with Gasteiger partial charge in [-0.3, -0.25) is 4.79 Å². The fourth-order valence-corrected chi connectivity index (χ4v) is 2.06. The number of carbonyl (C=O) groups excluding carboxylic acids is 2. The minimum Gasteiger partial charge on any atom is -1.00 e. The van der Waals surface area contributed by atoms with Gasteiger partial charge in [0.1, 0.15) is 6.54 Å². The van der Waals surface area contributed by atoms with Crippen molar-refractivity contribution in [3.8, 4) is 0 Å². The molecule has 0 saturated carbocycles. The van der Waals surface area contributed by atoms with Gasteiger partial charge >= 0.3 is 5.97 Å². The number of hydrogen-bond donors (Lipinski definition) is 1. The molecule has 0 unspecified atom stereocenters. The Bertz CT molecular complexity index is 288. The largest absolute Gasteiger partial charge is 1.00 e. The second-order valence-electron chi connectivity index (χ2n) is 5.07. The minimum absolute atomic E-state index is 0. The van der Waals surface area contributed by atoms with E-state index < -0.39 is 5.54 Å². The maximum atomic E-state index is 11.7. The molecule has 1 fully saturated rings. The van der Waals surface area contributed by atoms with E-state index in [0.29, 0.717) is 23.9 Å². The molecule has 0 spiro atoms. The molecule has 0 aromatic carbocycles. The number of halogens is 1. The Morgan fingerprint density at radius 2 is 2.06 bits per heavy atom. The summed E-state index contributed by atoms with van der Waals surface area (Å²) < 4.78 is 5.37. The van der Waals surface area contributed by atoms with E-state index >= 15 is 0 Å². The first kappa shape index (κ1) is 15.6. The summed E-state index contributed by atoms with van der Waals surface area (Å²) in [6.07, 6.45) is 0.920. The van der Waals surface area contributed by atoms with Gasteiger partial charge in [0.15, 0.2) is 5.54 Å². The van der Waals surface area contributed by atoms with Crippen molar-refractivity contribution in [1.82, 2.24) is 5.32 Å². The van der Waals surface area contributed by atoms with Gasteiger partial charge in [-0.05, 0) is 6.42 Å². The molecule has 0 aliphatic carbocycles. The molecule has 1 aliphatic heterocycles. The first-order valence-electron chi connectivity index (χ1n) is 4.99. The molecular formula is C10H19IN2O3. The van der Waals surface area contributed by atoms with Crippen molar-refractivity contribution in [2.45, 2.75) is 18.4 Å². The molecular weight excluding hydrogens is 323 g/mol. The zero-order chi connectivity index (χ0) is 11.7. The van der Waals surface area contributed by atoms with Crippen molar-refractivity contribution < 1.29 is 42.8 Å². The van der Waals surface area contributed by atoms with Crippen LogP contribution >= 0.6 is 0 Å². The van der Waals surface area contributed by atoms with Crippen LogP contribution in [0.1, 0.15) is 12.8 Å². The Morgan fingerprint density at radius 1 is 1.50 bits per heavy atom. The Balaban J connectivity index is 0.00000225. The summed E-state index contributed by atoms with van der Waals surface area (Å²) in [6.45, 7) is 0.547. The summed E-state index contributed by atoms with van der Waals surface area (Å²) in [7, 11) is 7.30. The molecule has 1 saturated heterocycles. The smallest absolute Gasteiger partial charge is 0.337 e. The molecule has 1 amide bonds. The van der Waals surface area contributed by atoms with Crippen LogP contribution in [0.3, 0.4) is 0 Å². The summed E-state index contributed by atoms with van der Waals surface area (Å²) in [6, 6.07) is 0. The number of amides is 1. The Hall–Kier alpha value is -0.370. The maximum Gasteiger partial charge on any atom is 0.337 e. The number of nitrogens with zero attached hydrogens (tertiary/aromatic N) is 1. The highest BCUT2D eigenvalue weighted by Gasteiger charge is 2.49. The molecule has 1 heterocycles. The number of likely N-dealkylation sites (N-methyl/N-ethyl adjacent to an activating group) is 1. The second-order valence-corrected chi connectivity index (χ2v) is 5.07. The van der Waals surface area contributed by atoms with Crippen LogP contribution in [0.4, 0.5) is 0 Å². The van der Waals surface area contributed by atoms with Crippen LogP contribution in [0, 0.1) is 0 Å². The van der Waals surface area contributed by atoms with Crippen LogP contribution in [-0.2, 0) is 14.3 Å². The van der Waals surface area contributed by atoms with E-state index in [0.717, 1.165) is 0 Å². The highest BCUT2D eigenvalue weighted by atomic mass is 127. The van der Waals surface area contributed by atoms with Gasteiger partial charge in [0.2, 0.25) is 5.91 Å². The van der Waals surface area contributed by atoms with Crippen LogP contribution in [-0.4, -0.2) is 56.7 Å². The zero-order valence-corrected chi connectivity index (χ0v) is 12.3. The number of ether oxygens (including phenoxy) is 1. The lowest BCUT2D eigenvalue weighted by Gasteiger charge is -2.34. The molecule has 0 aromatic heterocycles. The van der Waals surface area contributed by atoms with Crippen LogP contribution < -0.4 is 29.3 Å². The lowest BCUT2D eigenvalue weighted by molar-refractivity contribution is -0.873. The third kappa shape index (κ3) is 3.58. The van der Waals surface area contributed by atoms with Crippen LogP contribution in [0.25, 0.3) is 0 Å². The summed E-state index contributed by atoms with van der Waals surface area (Å²) >= 11 is 0. The number of rotatable bonds is 3. The summed E-state index contributed by atoms with van der Waals surface area (Å²) in [5.74, 6) is -0.421. The SMILES string of the molecule is COC(=O)[C@@]1(C[N+](C)(C)C)CCC(=O)N1.[I-]. The van der Waals surface area contributed by atoms with Gasteiger partial charge in [-0.15, -0.1) is 0 Å². The van der Waals surface area contributed by atoms with Crippen LogP contribution in [0.15, 0.2) is 0 Å². The van der Waals surface area contributed by atoms with Gasteiger partial charge in [0, 0.05) is 6.42 Å². The van der Waals surface area contributed by atoms with E-state index in [9.17, 15) is 9.59 Å². The second kappa shape index (κ2) is 5.31. The predicted octanol–water partition coefficient (Wildman–Crippen LogP) is -3.48. The fraction of sp³-hybridized carbons (Fsp3) is 0.800. The Morgan fingerprint density at radius 3 is 2.38 bits per heavy atom. The van der Waals surface area contributed by atoms with Gasteiger partial charge in [0.25, 0.3) is 0 Å². The quantitative estimate of drug-likeness (QED) is 0.329. The summed E-state index contributed by atoms with van der Waals surface area (Å²) in [5.41, 5.74) is -0.829. The molecule has 5 nitrogen and oxygen atoms in total. The molecule has 0 aromatic rings. The number of quaternary nitrogens is 1. The number of carbonyl (C=O) groups is 2. The normalized spacial score (nSPS) is 24.6. The number of methoxy groups -OCH3 is 1. The fourth-order valence-electron chi connectivity index (χ4n) is 2.06. The van der Waals surface area contributed by atoms with Crippen LogP contribution in [0.5, 0.6) is 0 Å². The van der Waals surface area contributed by atoms with Gasteiger partial charge in [0.05, 0.1) is 28.3 Å². The average Bonchev–Trinajstić information content (AvgIpc) is 2.44. The number of nitrogens with one attached hydrogen (secondary N) is 1. The molecule has 0 bridgehead atoms. The third-order valence-electron chi connectivity index (χ3n) is 2.48. The molecule has 1 rings (SSSR count). The van der Waals surface area contributed by atoms with Crippen LogP contribution in [0.2, 0.25) is 0 Å². The highest BCUT2D eigenvalue weighted by Crippen LogP contribution is 2.24. The van der Waals surface area contributed by atoms with E-state index in [1.165, 1.54) is 7.11 Å². The van der Waals surface area contributed by atoms with E-state index in [4.69, 9.17) is 4.74 Å². The molecule has 1 aliphatic rings. The summed E-state index contributed by atoms with van der Waals surface area (Å²) in [5, 5.41) is 2.75. The molecule has 0 radical (unpaired) electrons. The molecule has 6 heteroatoms. The van der Waals surface area contributed by atoms with Crippen molar-refractivity contribution >= 4 is 11.9 Å². The minimum atomic E-state index is -0.829. The van der Waals surface area contributed by atoms with Crippen molar-refractivity contribution in [3.05, 3.63) is 0 Å². The van der Waals surface area contributed by atoms with E-state index in [2.05, 4.69) is 5.32 Å². The lowest BCUT2D eigenvalue weighted by atomic mass is 9.96. The molecule has 94 valence electrons. The Kier molecular flexibility index (Phi) is 5.18. The third-order valence-corrected chi connectivity index (χ3v) is 2.48. The average molecular weight is 342 g/mol. The molecule has 1 atom stereocenters. The standard InChI is InChI=1S/C10H18N2O3.HI/c1-12(2,3)7-10(9(14)15-4)6-5-8(13)11-10;/h5-7H2,1-4H3;1H/t10-;/m0./s1. The maximum absolute atomic E-state index is 11.7. The van der Waals surface area contributed by atoms with Gasteiger partial charge in [-0.1, -0.05) is 0 Å². The molecule has 16 heavy (non-hydrogen) atoms. The van der Waals surface area contributed by atoms with E-state index in [1.54, 1.807) is 0 Å². The molecule has 1 N–H and O–H groups in total. The van der Waals surface area contributed by atoms with Gasteiger partial charge in [-0.2, -0.15) is 0 Å². The summed E-state index contributed by atoms with van der Waals surface area (Å²) in [4.78, 5) is 23.0. The first-order valence-corrected chi connectivity index (χ1v) is 4.99. The topological polar surface area (TPSA) is 55.4 Å². The van der Waals surface area contributed by atoms with Crippen molar-refractivity contribution in [3.63, 3.8) is 0 Å². The monoisotopic (exact) mass is 342 g/mol. The van der Waals surface area contributed by atoms with Gasteiger partial charge < -0.3 is 38.5 Å². The number of hydrogen-bond acceptors (Lipinski definition) is 3. The van der Waals surface area contributed by atoms with Crippen molar-refractivity contribution in [2.75, 3.05) is 34.8 Å². The lowest BCUT2D eigenvalue weighted by Crippen LogP contribution is -3.00. The zero-order valence-electron chi connectivity index (χ0n) is 10.2. The van der Waals surface area contributed by atoms with E-state index in [-0.39, 0.29) is 35.9 Å². The Labute approximate surface area is 113 Å². The first-order chi connectivity index (χ1) is 6.79. The number of esters is 1. The predicted molar refractivity (Wildman–Crippen MR) is 55.0 cm³/mol. The van der Waals surface area contributed by atoms with Crippen molar-refractivity contribution in [1.29, 1.82) is 0 Å².